The third-order valence-corrected chi connectivity index (χ3v) is 4.89. The lowest BCUT2D eigenvalue weighted by molar-refractivity contribution is -0.510. The second kappa shape index (κ2) is 9.31. The Morgan fingerprint density at radius 2 is 1.77 bits per heavy atom. The molecule has 0 radical (unpaired) electrons. The van der Waals surface area contributed by atoms with Gasteiger partial charge in [-0.2, -0.15) is 8.42 Å². The molecule has 1 unspecified atom stereocenters. The first-order chi connectivity index (χ1) is 9.95. The van der Waals surface area contributed by atoms with Crippen LogP contribution in [0.15, 0.2) is 18.2 Å². The number of anilines is 1. The van der Waals surface area contributed by atoms with Crippen molar-refractivity contribution in [2.75, 3.05) is 18.5 Å². The molecule has 1 atom stereocenters. The molecule has 22 heavy (non-hydrogen) atoms. The second-order valence-electron chi connectivity index (χ2n) is 4.32. The van der Waals surface area contributed by atoms with Gasteiger partial charge in [0.1, 0.15) is 0 Å². The zero-order valence-electron chi connectivity index (χ0n) is 11.9. The molecule has 0 aliphatic heterocycles. The first-order valence-electron chi connectivity index (χ1n) is 5.92. The zero-order chi connectivity index (χ0) is 17.5. The van der Waals surface area contributed by atoms with Crippen LogP contribution in [-0.2, 0) is 20.6 Å². The Balaban J connectivity index is 0.000000425. The summed E-state index contributed by atoms with van der Waals surface area (Å²) in [5.41, 5.74) is 5.86. The van der Waals surface area contributed by atoms with Gasteiger partial charge in [-0.05, 0) is 19.1 Å². The number of nitrogen functional groups attached to an aromatic ring is 1. The standard InChI is InChI=1S/C6H5Cl2N.C5H11NO5S2/c7-4-2-1-3-5(8)6(4)9;1-5(6(2)12(7)8)3-4-13(9,10)11/h1-3H,9H2;5H,3-4H2,1-2H3/p+1. The molecule has 126 valence electrons. The van der Waals surface area contributed by atoms with Gasteiger partial charge in [0, 0.05) is 6.42 Å². The van der Waals surface area contributed by atoms with Crippen LogP contribution in [0, 0.1) is 0 Å². The number of para-hydroxylation sites is 1. The van der Waals surface area contributed by atoms with Crippen molar-refractivity contribution < 1.29 is 25.3 Å². The Kier molecular flexibility index (Phi) is 8.94. The first kappa shape index (κ1) is 21.1. The van der Waals surface area contributed by atoms with Crippen molar-refractivity contribution in [3.8, 4) is 0 Å². The van der Waals surface area contributed by atoms with Crippen LogP contribution in [0.5, 0.6) is 0 Å². The fraction of sp³-hybridized carbons (Fsp3) is 0.455. The van der Waals surface area contributed by atoms with Gasteiger partial charge < -0.3 is 5.73 Å². The fourth-order valence-electron chi connectivity index (χ4n) is 1.16. The third-order valence-electron chi connectivity index (χ3n) is 2.65. The maximum absolute atomic E-state index is 10.4. The number of nitrogens with zero attached hydrogens (tertiary/aromatic N) is 1. The molecule has 0 saturated heterocycles. The van der Waals surface area contributed by atoms with E-state index in [0.717, 1.165) is 3.95 Å². The summed E-state index contributed by atoms with van der Waals surface area (Å²) in [6.45, 7) is 1.56. The summed E-state index contributed by atoms with van der Waals surface area (Å²) in [6.07, 6.45) is 0.0727. The van der Waals surface area contributed by atoms with Crippen LogP contribution in [0.25, 0.3) is 0 Å². The number of rotatable bonds is 4. The normalized spacial score (nSPS) is 12.0. The van der Waals surface area contributed by atoms with Gasteiger partial charge in [-0.3, -0.25) is 4.55 Å². The Labute approximate surface area is 141 Å². The first-order valence-corrected chi connectivity index (χ1v) is 9.32. The van der Waals surface area contributed by atoms with Crippen molar-refractivity contribution in [1.29, 1.82) is 0 Å². The Morgan fingerprint density at radius 3 is 2.09 bits per heavy atom. The lowest BCUT2D eigenvalue weighted by Gasteiger charge is -2.01. The summed E-state index contributed by atoms with van der Waals surface area (Å²) >= 11 is 11.2. The van der Waals surface area contributed by atoms with Gasteiger partial charge in [-0.25, -0.2) is 0 Å². The van der Waals surface area contributed by atoms with Gasteiger partial charge in [0.15, 0.2) is 13.1 Å². The molecule has 0 aliphatic carbocycles. The number of nitrogens with two attached hydrogens (primary N) is 1. The van der Waals surface area contributed by atoms with Gasteiger partial charge in [-0.1, -0.05) is 29.3 Å². The molecule has 7 nitrogen and oxygen atoms in total. The highest BCUT2D eigenvalue weighted by atomic mass is 35.5. The number of hydrogen-bond acceptors (Lipinski definition) is 5. The van der Waals surface area contributed by atoms with E-state index < -0.39 is 32.4 Å². The molecule has 0 saturated carbocycles. The largest absolute Gasteiger partial charge is 0.458 e. The molecule has 1 aromatic carbocycles. The van der Waals surface area contributed by atoms with Crippen molar-refractivity contribution in [1.82, 2.24) is 0 Å². The Hall–Kier alpha value is -0.870. The molecule has 1 rings (SSSR count). The number of halogens is 2. The van der Waals surface area contributed by atoms with Crippen LogP contribution in [0.2, 0.25) is 10.0 Å². The molecule has 11 heteroatoms. The highest BCUT2D eigenvalue weighted by molar-refractivity contribution is 7.85. The van der Waals surface area contributed by atoms with Crippen molar-refractivity contribution in [3.63, 3.8) is 0 Å². The molecule has 0 spiro atoms. The van der Waals surface area contributed by atoms with E-state index >= 15 is 0 Å². The van der Waals surface area contributed by atoms with E-state index in [1.165, 1.54) is 7.05 Å². The summed E-state index contributed by atoms with van der Waals surface area (Å²) in [7, 11) is -5.04. The minimum atomic E-state index is -4.01. The minimum absolute atomic E-state index is 0.0727. The topological polar surface area (TPSA) is 118 Å². The Morgan fingerprint density at radius 1 is 1.32 bits per heavy atom. The summed E-state index contributed by atoms with van der Waals surface area (Å²) in [5, 5.41) is 1.00. The van der Waals surface area contributed by atoms with Crippen LogP contribution >= 0.6 is 23.2 Å². The van der Waals surface area contributed by atoms with E-state index in [1.54, 1.807) is 25.1 Å². The van der Waals surface area contributed by atoms with E-state index in [1.807, 2.05) is 0 Å². The maximum Gasteiger partial charge on any atom is 0.458 e. The maximum atomic E-state index is 10.4. The van der Waals surface area contributed by atoms with E-state index in [4.69, 9.17) is 33.5 Å². The average molecular weight is 392 g/mol. The quantitative estimate of drug-likeness (QED) is 0.459. The van der Waals surface area contributed by atoms with Gasteiger partial charge in [0.2, 0.25) is 0 Å². The summed E-state index contributed by atoms with van der Waals surface area (Å²) in [6, 6.07) is 4.70. The summed E-state index contributed by atoms with van der Waals surface area (Å²) in [5.74, 6) is -0.435. The number of benzene rings is 1. The van der Waals surface area contributed by atoms with E-state index in [9.17, 15) is 16.8 Å². The molecule has 3 N–H and O–H groups in total. The molecule has 0 heterocycles. The predicted octanol–water partition coefficient (Wildman–Crippen LogP) is 1.93. The summed E-state index contributed by atoms with van der Waals surface area (Å²) < 4.78 is 50.8. The van der Waals surface area contributed by atoms with Crippen LogP contribution in [0.3, 0.4) is 0 Å². The van der Waals surface area contributed by atoms with Gasteiger partial charge in [0.25, 0.3) is 10.1 Å². The van der Waals surface area contributed by atoms with Crippen molar-refractivity contribution in [2.24, 2.45) is 0 Å². The van der Waals surface area contributed by atoms with Crippen molar-refractivity contribution in [2.45, 2.75) is 19.4 Å². The smallest absolute Gasteiger partial charge is 0.396 e. The van der Waals surface area contributed by atoms with Crippen LogP contribution in [0.4, 0.5) is 5.69 Å². The van der Waals surface area contributed by atoms with Crippen LogP contribution < -0.4 is 5.73 Å². The zero-order valence-corrected chi connectivity index (χ0v) is 15.0. The monoisotopic (exact) mass is 391 g/mol. The molecule has 0 aromatic heterocycles. The molecular formula is C11H17Cl2N2O5S2+. The molecule has 0 bridgehead atoms. The highest BCUT2D eigenvalue weighted by Crippen LogP contribution is 2.25. The number of hydrogen-bond donors (Lipinski definition) is 2. The predicted molar refractivity (Wildman–Crippen MR) is 86.5 cm³/mol. The molecule has 0 amide bonds. The van der Waals surface area contributed by atoms with E-state index in [2.05, 4.69) is 0 Å². The molecule has 0 fully saturated rings. The molecular weight excluding hydrogens is 375 g/mol. The van der Waals surface area contributed by atoms with Crippen molar-refractivity contribution >= 4 is 49.5 Å². The van der Waals surface area contributed by atoms with Gasteiger partial charge >= 0.3 is 10.5 Å². The average Bonchev–Trinajstić information content (AvgIpc) is 2.41. The SMILES string of the molecule is CC(CCS(=O)(=O)O)[N+](C)=S(=O)=O.Nc1c(Cl)cccc1Cl. The van der Waals surface area contributed by atoms with Gasteiger partial charge in [0.05, 0.1) is 21.5 Å². The van der Waals surface area contributed by atoms with Crippen molar-refractivity contribution in [3.05, 3.63) is 28.2 Å². The van der Waals surface area contributed by atoms with Crippen LogP contribution in [0.1, 0.15) is 13.3 Å². The fourth-order valence-corrected chi connectivity index (χ4v) is 2.59. The third kappa shape index (κ3) is 8.54. The van der Waals surface area contributed by atoms with Gasteiger partial charge in [-0.15, -0.1) is 12.4 Å². The van der Waals surface area contributed by atoms with E-state index in [0.29, 0.717) is 15.7 Å². The lowest BCUT2D eigenvalue weighted by Crippen LogP contribution is -2.22. The second-order valence-corrected chi connectivity index (χ2v) is 7.72. The minimum Gasteiger partial charge on any atom is -0.396 e. The Bertz CT molecular complexity index is 719. The highest BCUT2D eigenvalue weighted by Gasteiger charge is 2.16. The van der Waals surface area contributed by atoms with Crippen LogP contribution in [-0.4, -0.2) is 44.2 Å². The molecule has 1 aromatic rings. The summed E-state index contributed by atoms with van der Waals surface area (Å²) in [4.78, 5) is 0. The van der Waals surface area contributed by atoms with E-state index in [-0.39, 0.29) is 6.42 Å². The molecule has 0 aliphatic rings. The lowest BCUT2D eigenvalue weighted by atomic mass is 10.3.